The summed E-state index contributed by atoms with van der Waals surface area (Å²) in [5, 5.41) is 12.6. The van der Waals surface area contributed by atoms with Crippen molar-refractivity contribution < 1.29 is 14.7 Å². The fourth-order valence-electron chi connectivity index (χ4n) is 2.59. The third kappa shape index (κ3) is 2.91. The molecule has 0 saturated carbocycles. The highest BCUT2D eigenvalue weighted by Crippen LogP contribution is 2.38. The molecule has 0 radical (unpaired) electrons. The third-order valence-electron chi connectivity index (χ3n) is 3.58. The fourth-order valence-corrected chi connectivity index (χ4v) is 4.23. The zero-order chi connectivity index (χ0) is 15.7. The molecule has 2 aromatic rings. The molecule has 114 valence electrons. The number of nitrogens with one attached hydrogen (secondary N) is 1. The molecule has 1 aliphatic carbocycles. The van der Waals surface area contributed by atoms with Crippen molar-refractivity contribution in [3.63, 3.8) is 0 Å². The van der Waals surface area contributed by atoms with Crippen molar-refractivity contribution in [2.24, 2.45) is 0 Å². The van der Waals surface area contributed by atoms with E-state index in [4.69, 9.17) is 0 Å². The molecule has 5 nitrogen and oxygen atoms in total. The number of carboxylic acid groups (broad SMARTS) is 1. The summed E-state index contributed by atoms with van der Waals surface area (Å²) in [7, 11) is 0. The summed E-state index contributed by atoms with van der Waals surface area (Å²) >= 11 is 4.64. The van der Waals surface area contributed by atoms with Crippen LogP contribution in [0, 0.1) is 0 Å². The van der Waals surface area contributed by atoms with E-state index in [9.17, 15) is 14.7 Å². The van der Waals surface area contributed by atoms with Crippen LogP contribution in [-0.2, 0) is 12.8 Å². The zero-order valence-electron chi connectivity index (χ0n) is 11.6. The van der Waals surface area contributed by atoms with Crippen LogP contribution in [0.5, 0.6) is 0 Å². The summed E-state index contributed by atoms with van der Waals surface area (Å²) in [5.74, 6) is -1.34. The van der Waals surface area contributed by atoms with Crippen LogP contribution in [0.25, 0.3) is 0 Å². The van der Waals surface area contributed by atoms with E-state index in [2.05, 4.69) is 26.2 Å². The monoisotopic (exact) mass is 380 g/mol. The van der Waals surface area contributed by atoms with Gasteiger partial charge in [-0.05, 0) is 53.2 Å². The van der Waals surface area contributed by atoms with Gasteiger partial charge in [-0.25, -0.2) is 4.79 Å². The smallest absolute Gasteiger partial charge is 0.339 e. The van der Waals surface area contributed by atoms with Gasteiger partial charge in [0, 0.05) is 21.7 Å². The van der Waals surface area contributed by atoms with Gasteiger partial charge < -0.3 is 10.4 Å². The summed E-state index contributed by atoms with van der Waals surface area (Å²) in [5.41, 5.74) is 1.51. The largest absolute Gasteiger partial charge is 0.478 e. The van der Waals surface area contributed by atoms with E-state index >= 15 is 0 Å². The number of carbonyl (C=O) groups excluding carboxylic acids is 1. The van der Waals surface area contributed by atoms with Crippen LogP contribution in [0.3, 0.4) is 0 Å². The van der Waals surface area contributed by atoms with E-state index in [0.717, 1.165) is 36.1 Å². The maximum Gasteiger partial charge on any atom is 0.339 e. The molecule has 22 heavy (non-hydrogen) atoms. The molecular weight excluding hydrogens is 368 g/mol. The molecule has 0 saturated heterocycles. The van der Waals surface area contributed by atoms with Gasteiger partial charge in [-0.15, -0.1) is 11.3 Å². The van der Waals surface area contributed by atoms with Gasteiger partial charge in [-0.1, -0.05) is 0 Å². The van der Waals surface area contributed by atoms with Crippen LogP contribution in [0.2, 0.25) is 0 Å². The van der Waals surface area contributed by atoms with Crippen LogP contribution in [0.15, 0.2) is 22.9 Å². The first-order chi connectivity index (χ1) is 10.6. The molecule has 7 heteroatoms. The number of fused-ring (bicyclic) bond motifs is 1. The van der Waals surface area contributed by atoms with Gasteiger partial charge in [0.2, 0.25) is 0 Å². The summed E-state index contributed by atoms with van der Waals surface area (Å²) < 4.78 is 0.698. The van der Waals surface area contributed by atoms with Gasteiger partial charge in [0.25, 0.3) is 5.91 Å². The average molecular weight is 381 g/mol. The molecule has 3 rings (SSSR count). The lowest BCUT2D eigenvalue weighted by Crippen LogP contribution is -2.14. The number of amides is 1. The Morgan fingerprint density at radius 1 is 1.27 bits per heavy atom. The van der Waals surface area contributed by atoms with Gasteiger partial charge >= 0.3 is 5.97 Å². The number of hydrogen-bond donors (Lipinski definition) is 2. The predicted molar refractivity (Wildman–Crippen MR) is 87.8 cm³/mol. The van der Waals surface area contributed by atoms with Gasteiger partial charge in [-0.3, -0.25) is 9.78 Å². The molecule has 0 spiro atoms. The van der Waals surface area contributed by atoms with Crippen molar-refractivity contribution in [2.45, 2.75) is 25.7 Å². The Balaban J connectivity index is 1.93. The molecule has 2 N–H and O–H groups in total. The minimum absolute atomic E-state index is 0.246. The summed E-state index contributed by atoms with van der Waals surface area (Å²) in [6.45, 7) is 0. The summed E-state index contributed by atoms with van der Waals surface area (Å²) in [6.07, 6.45) is 6.75. The lowest BCUT2D eigenvalue weighted by Gasteiger charge is -2.10. The number of aromatic nitrogens is 1. The third-order valence-corrected chi connectivity index (χ3v) is 5.22. The van der Waals surface area contributed by atoms with E-state index in [1.54, 1.807) is 12.3 Å². The lowest BCUT2D eigenvalue weighted by atomic mass is 9.95. The van der Waals surface area contributed by atoms with Gasteiger partial charge in [0.1, 0.15) is 5.00 Å². The van der Waals surface area contributed by atoms with E-state index in [0.29, 0.717) is 15.0 Å². The first-order valence-electron chi connectivity index (χ1n) is 6.86. The van der Waals surface area contributed by atoms with Crippen LogP contribution in [0.4, 0.5) is 5.00 Å². The Bertz CT molecular complexity index is 757. The van der Waals surface area contributed by atoms with Crippen molar-refractivity contribution in [1.82, 2.24) is 4.98 Å². The Morgan fingerprint density at radius 2 is 2.05 bits per heavy atom. The number of thiophene rings is 1. The van der Waals surface area contributed by atoms with Crippen LogP contribution in [0.1, 0.15) is 44.0 Å². The van der Waals surface area contributed by atoms with Crippen LogP contribution < -0.4 is 5.32 Å². The van der Waals surface area contributed by atoms with Gasteiger partial charge in [-0.2, -0.15) is 0 Å². The highest BCUT2D eigenvalue weighted by Gasteiger charge is 2.26. The second-order valence-electron chi connectivity index (χ2n) is 5.07. The maximum atomic E-state index is 12.3. The molecule has 0 aromatic carbocycles. The number of nitrogens with zero attached hydrogens (tertiary/aromatic N) is 1. The van der Waals surface area contributed by atoms with E-state index in [1.807, 2.05) is 0 Å². The standard InChI is InChI=1S/C15H13BrN2O3S/c16-9-5-8(6-17-7-9)13(19)18-14-12(15(20)21)10-3-1-2-4-11(10)22-14/h5-7H,1-4H2,(H,18,19)(H,20,21). The minimum atomic E-state index is -0.984. The molecule has 2 aromatic heterocycles. The fraction of sp³-hybridized carbons (Fsp3) is 0.267. The van der Waals surface area contributed by atoms with Crippen LogP contribution >= 0.6 is 27.3 Å². The molecule has 2 heterocycles. The van der Waals surface area contributed by atoms with E-state index in [-0.39, 0.29) is 11.5 Å². The number of rotatable bonds is 3. The molecule has 0 fully saturated rings. The molecule has 1 amide bonds. The Kier molecular flexibility index (Phi) is 4.26. The molecule has 0 atom stereocenters. The SMILES string of the molecule is O=C(Nc1sc2c(c1C(=O)O)CCCC2)c1cncc(Br)c1. The highest BCUT2D eigenvalue weighted by atomic mass is 79.9. The molecular formula is C15H13BrN2O3S. The number of pyridine rings is 1. The molecule has 0 aliphatic heterocycles. The predicted octanol–water partition coefficient (Wildman–Crippen LogP) is 3.73. The number of carboxylic acids is 1. The number of aromatic carboxylic acids is 1. The lowest BCUT2D eigenvalue weighted by molar-refractivity contribution is 0.0697. The number of carbonyl (C=O) groups is 2. The first-order valence-corrected chi connectivity index (χ1v) is 8.47. The second kappa shape index (κ2) is 6.18. The Morgan fingerprint density at radius 3 is 2.77 bits per heavy atom. The van der Waals surface area contributed by atoms with Crippen molar-refractivity contribution in [1.29, 1.82) is 0 Å². The molecule has 0 unspecified atom stereocenters. The molecule has 1 aliphatic rings. The normalized spacial score (nSPS) is 13.5. The number of anilines is 1. The average Bonchev–Trinajstić information content (AvgIpc) is 2.85. The van der Waals surface area contributed by atoms with Crippen molar-refractivity contribution in [3.05, 3.63) is 44.5 Å². The second-order valence-corrected chi connectivity index (χ2v) is 7.09. The highest BCUT2D eigenvalue weighted by molar-refractivity contribution is 9.10. The minimum Gasteiger partial charge on any atom is -0.478 e. The number of aryl methyl sites for hydroxylation is 1. The maximum absolute atomic E-state index is 12.3. The topological polar surface area (TPSA) is 79.3 Å². The summed E-state index contributed by atoms with van der Waals surface area (Å²) in [4.78, 5) is 28.9. The zero-order valence-corrected chi connectivity index (χ0v) is 14.0. The number of halogens is 1. The van der Waals surface area contributed by atoms with Crippen molar-refractivity contribution in [3.8, 4) is 0 Å². The van der Waals surface area contributed by atoms with Gasteiger partial charge in [0.15, 0.2) is 0 Å². The van der Waals surface area contributed by atoms with Crippen molar-refractivity contribution >= 4 is 44.1 Å². The summed E-state index contributed by atoms with van der Waals surface area (Å²) in [6, 6.07) is 1.65. The Hall–Kier alpha value is -1.73. The van der Waals surface area contributed by atoms with Crippen molar-refractivity contribution in [2.75, 3.05) is 5.32 Å². The van der Waals surface area contributed by atoms with E-state index in [1.165, 1.54) is 17.5 Å². The first kappa shape index (κ1) is 15.2. The number of hydrogen-bond acceptors (Lipinski definition) is 4. The molecule has 0 bridgehead atoms. The van der Waals surface area contributed by atoms with Gasteiger partial charge in [0.05, 0.1) is 11.1 Å². The quantitative estimate of drug-likeness (QED) is 0.849. The van der Waals surface area contributed by atoms with Crippen LogP contribution in [-0.4, -0.2) is 22.0 Å². The Labute approximate surface area is 139 Å². The van der Waals surface area contributed by atoms with E-state index < -0.39 is 5.97 Å².